The normalized spacial score (nSPS) is 13.2. The number of rotatable bonds is 5. The van der Waals surface area contributed by atoms with E-state index in [1.54, 1.807) is 19.9 Å². The summed E-state index contributed by atoms with van der Waals surface area (Å²) in [6.45, 7) is 7.44. The molecule has 17 heavy (non-hydrogen) atoms. The van der Waals surface area contributed by atoms with Crippen LogP contribution in [-0.4, -0.2) is 31.9 Å². The second-order valence-electron chi connectivity index (χ2n) is 3.80. The third-order valence-electron chi connectivity index (χ3n) is 1.90. The Hall–Kier alpha value is -1.52. The Labute approximate surface area is 102 Å². The number of hydrogen-bond acceptors (Lipinski definition) is 5. The van der Waals surface area contributed by atoms with Gasteiger partial charge in [0.1, 0.15) is 6.10 Å². The van der Waals surface area contributed by atoms with Gasteiger partial charge in [-0.3, -0.25) is 0 Å². The summed E-state index contributed by atoms with van der Waals surface area (Å²) in [5.41, 5.74) is 0.326. The van der Waals surface area contributed by atoms with E-state index in [-0.39, 0.29) is 12.5 Å². The Morgan fingerprint density at radius 2 is 1.82 bits per heavy atom. The van der Waals surface area contributed by atoms with Gasteiger partial charge in [-0.15, -0.1) is 0 Å². The van der Waals surface area contributed by atoms with E-state index in [2.05, 4.69) is 4.74 Å². The van der Waals surface area contributed by atoms with Gasteiger partial charge in [0.25, 0.3) is 0 Å². The molecule has 0 spiro atoms. The molecule has 0 aliphatic carbocycles. The van der Waals surface area contributed by atoms with E-state index in [4.69, 9.17) is 9.47 Å². The van der Waals surface area contributed by atoms with Gasteiger partial charge in [0.05, 0.1) is 19.3 Å². The van der Waals surface area contributed by atoms with Gasteiger partial charge in [0, 0.05) is 0 Å². The van der Waals surface area contributed by atoms with Crippen LogP contribution in [0.15, 0.2) is 11.6 Å². The Bertz CT molecular complexity index is 293. The summed E-state index contributed by atoms with van der Waals surface area (Å²) in [7, 11) is 1.21. The van der Waals surface area contributed by atoms with Crippen molar-refractivity contribution in [3.05, 3.63) is 11.6 Å². The van der Waals surface area contributed by atoms with Crippen molar-refractivity contribution in [1.29, 1.82) is 0 Å². The molecule has 0 amide bonds. The molecule has 98 valence electrons. The van der Waals surface area contributed by atoms with Gasteiger partial charge in [-0.1, -0.05) is 19.9 Å². The maximum absolute atomic E-state index is 11.7. The van der Waals surface area contributed by atoms with Crippen molar-refractivity contribution in [2.75, 3.05) is 13.7 Å². The predicted octanol–water partition coefficient (Wildman–Crippen LogP) is 2.30. The van der Waals surface area contributed by atoms with Crippen LogP contribution in [0.3, 0.4) is 0 Å². The first-order valence-corrected chi connectivity index (χ1v) is 5.55. The number of carbonyl (C=O) groups is 2. The Balaban J connectivity index is 4.80. The van der Waals surface area contributed by atoms with Crippen LogP contribution in [0.1, 0.15) is 27.7 Å². The molecule has 0 unspecified atom stereocenters. The molecular weight excluding hydrogens is 224 g/mol. The Morgan fingerprint density at radius 3 is 2.24 bits per heavy atom. The molecule has 0 fully saturated rings. The summed E-state index contributed by atoms with van der Waals surface area (Å²) in [5, 5.41) is 0. The van der Waals surface area contributed by atoms with Crippen LogP contribution in [0, 0.1) is 5.92 Å². The quantitative estimate of drug-likeness (QED) is 0.548. The van der Waals surface area contributed by atoms with Gasteiger partial charge >= 0.3 is 12.1 Å². The number of hydrogen-bond donors (Lipinski definition) is 0. The molecule has 0 aromatic heterocycles. The van der Waals surface area contributed by atoms with Gasteiger partial charge in [0.15, 0.2) is 0 Å². The maximum Gasteiger partial charge on any atom is 0.508 e. The largest absolute Gasteiger partial charge is 0.508 e. The van der Waals surface area contributed by atoms with Crippen molar-refractivity contribution < 1.29 is 23.8 Å². The molecule has 0 heterocycles. The highest BCUT2D eigenvalue weighted by Crippen LogP contribution is 2.13. The second kappa shape index (κ2) is 7.70. The van der Waals surface area contributed by atoms with Crippen molar-refractivity contribution in [2.45, 2.75) is 33.8 Å². The average Bonchev–Trinajstić information content (AvgIpc) is 2.25. The monoisotopic (exact) mass is 244 g/mol. The maximum atomic E-state index is 11.7. The van der Waals surface area contributed by atoms with Crippen LogP contribution in [0.2, 0.25) is 0 Å². The van der Waals surface area contributed by atoms with Gasteiger partial charge in [-0.25, -0.2) is 9.59 Å². The van der Waals surface area contributed by atoms with E-state index in [9.17, 15) is 9.59 Å². The summed E-state index contributed by atoms with van der Waals surface area (Å²) >= 11 is 0. The fourth-order valence-corrected chi connectivity index (χ4v) is 1.20. The lowest BCUT2D eigenvalue weighted by molar-refractivity contribution is -0.139. The topological polar surface area (TPSA) is 61.8 Å². The zero-order chi connectivity index (χ0) is 13.4. The molecule has 0 bridgehead atoms. The average molecular weight is 244 g/mol. The lowest BCUT2D eigenvalue weighted by atomic mass is 10.1. The summed E-state index contributed by atoms with van der Waals surface area (Å²) in [5.74, 6) is -0.323. The van der Waals surface area contributed by atoms with E-state index in [0.717, 1.165) is 0 Å². The standard InChI is InChI=1S/C12H20O5/c1-6-16-11(13)10(7-8(2)3)9(4)17-12(14)15-5/h7-9H,6H2,1-5H3/b10-7+/t9-/m0/s1. The lowest BCUT2D eigenvalue weighted by Crippen LogP contribution is -2.24. The predicted molar refractivity (Wildman–Crippen MR) is 62.5 cm³/mol. The van der Waals surface area contributed by atoms with Crippen molar-refractivity contribution in [3.63, 3.8) is 0 Å². The van der Waals surface area contributed by atoms with Crippen molar-refractivity contribution >= 4 is 12.1 Å². The summed E-state index contributed by atoms with van der Waals surface area (Å²) < 4.78 is 14.2. The molecule has 0 saturated heterocycles. The molecule has 1 atom stereocenters. The highest BCUT2D eigenvalue weighted by molar-refractivity contribution is 5.89. The van der Waals surface area contributed by atoms with Crippen molar-refractivity contribution in [1.82, 2.24) is 0 Å². The van der Waals surface area contributed by atoms with Crippen molar-refractivity contribution in [2.24, 2.45) is 5.92 Å². The fraction of sp³-hybridized carbons (Fsp3) is 0.667. The molecule has 0 rings (SSSR count). The van der Waals surface area contributed by atoms with Gasteiger partial charge in [-0.2, -0.15) is 0 Å². The zero-order valence-corrected chi connectivity index (χ0v) is 11.0. The van der Waals surface area contributed by atoms with Crippen LogP contribution in [0.25, 0.3) is 0 Å². The molecule has 0 saturated carbocycles. The number of esters is 1. The highest BCUT2D eigenvalue weighted by atomic mass is 16.7. The van der Waals surface area contributed by atoms with Crippen molar-refractivity contribution in [3.8, 4) is 0 Å². The smallest absolute Gasteiger partial charge is 0.463 e. The fourth-order valence-electron chi connectivity index (χ4n) is 1.20. The summed E-state index contributed by atoms with van der Waals surface area (Å²) in [6, 6.07) is 0. The first-order valence-electron chi connectivity index (χ1n) is 5.55. The molecule has 0 aliphatic rings. The minimum absolute atomic E-state index is 0.151. The number of allylic oxidation sites excluding steroid dienone is 1. The molecule has 0 N–H and O–H groups in total. The number of ether oxygens (including phenoxy) is 3. The molecule has 0 aliphatic heterocycles. The molecular formula is C12H20O5. The zero-order valence-electron chi connectivity index (χ0n) is 11.0. The lowest BCUT2D eigenvalue weighted by Gasteiger charge is -2.15. The Kier molecular flexibility index (Phi) is 7.02. The minimum atomic E-state index is -0.823. The van der Waals surface area contributed by atoms with Gasteiger partial charge in [-0.05, 0) is 19.8 Å². The third kappa shape index (κ3) is 5.94. The van der Waals surface area contributed by atoms with E-state index in [1.165, 1.54) is 7.11 Å². The summed E-state index contributed by atoms with van der Waals surface area (Å²) in [4.78, 5) is 22.6. The van der Waals surface area contributed by atoms with Crippen LogP contribution >= 0.6 is 0 Å². The highest BCUT2D eigenvalue weighted by Gasteiger charge is 2.22. The van der Waals surface area contributed by atoms with Crippen LogP contribution in [0.4, 0.5) is 4.79 Å². The second-order valence-corrected chi connectivity index (χ2v) is 3.80. The first kappa shape index (κ1) is 15.5. The van der Waals surface area contributed by atoms with Gasteiger partial charge < -0.3 is 14.2 Å². The SMILES string of the molecule is CCOC(=O)/C(=C/C(C)C)[C@H](C)OC(=O)OC. The molecule has 0 radical (unpaired) electrons. The van der Waals surface area contributed by atoms with Crippen LogP contribution in [0.5, 0.6) is 0 Å². The van der Waals surface area contributed by atoms with E-state index in [1.807, 2.05) is 13.8 Å². The molecule has 0 aromatic carbocycles. The Morgan fingerprint density at radius 1 is 1.24 bits per heavy atom. The molecule has 0 aromatic rings. The molecule has 5 nitrogen and oxygen atoms in total. The first-order chi connectivity index (χ1) is 7.92. The van der Waals surface area contributed by atoms with Crippen LogP contribution in [-0.2, 0) is 19.0 Å². The van der Waals surface area contributed by atoms with E-state index < -0.39 is 18.2 Å². The van der Waals surface area contributed by atoms with E-state index in [0.29, 0.717) is 5.57 Å². The number of methoxy groups -OCH3 is 1. The van der Waals surface area contributed by atoms with E-state index >= 15 is 0 Å². The van der Waals surface area contributed by atoms with Crippen LogP contribution < -0.4 is 0 Å². The minimum Gasteiger partial charge on any atom is -0.463 e. The summed E-state index contributed by atoms with van der Waals surface area (Å²) in [6.07, 6.45) is 0.200. The molecule has 5 heteroatoms. The van der Waals surface area contributed by atoms with Gasteiger partial charge in [0.2, 0.25) is 0 Å². The number of carbonyl (C=O) groups excluding carboxylic acids is 2. The third-order valence-corrected chi connectivity index (χ3v) is 1.90.